The quantitative estimate of drug-likeness (QED) is 0.350. The molecule has 16 heteroatoms. The molecule has 1 aliphatic carbocycles. The summed E-state index contributed by atoms with van der Waals surface area (Å²) in [5.41, 5.74) is 12.4. The van der Waals surface area contributed by atoms with Crippen molar-refractivity contribution in [3.63, 3.8) is 0 Å². The van der Waals surface area contributed by atoms with Gasteiger partial charge in [0.2, 0.25) is 5.91 Å². The number of amides is 3. The first-order valence-corrected chi connectivity index (χ1v) is 15.5. The second-order valence-electron chi connectivity index (χ2n) is 13.5. The number of carbonyl (C=O) groups is 3. The van der Waals surface area contributed by atoms with Crippen LogP contribution in [0.25, 0.3) is 5.69 Å². The van der Waals surface area contributed by atoms with Crippen molar-refractivity contribution in [3.8, 4) is 5.69 Å². The smallest absolute Gasteiger partial charge is 0.430 e. The second kappa shape index (κ2) is 13.6. The van der Waals surface area contributed by atoms with Crippen molar-refractivity contribution in [2.75, 3.05) is 58.2 Å². The maximum absolute atomic E-state index is 12.8. The number of aromatic nitrogens is 2. The number of hydrogen-bond donors (Lipinski definition) is 3. The molecule has 3 fully saturated rings. The van der Waals surface area contributed by atoms with E-state index in [0.29, 0.717) is 32.2 Å². The summed E-state index contributed by atoms with van der Waals surface area (Å²) in [6, 6.07) is 9.82. The number of nitrogens with zero attached hydrogens (tertiary/aromatic N) is 5. The van der Waals surface area contributed by atoms with Crippen LogP contribution in [0.1, 0.15) is 26.3 Å². The lowest BCUT2D eigenvalue weighted by molar-refractivity contribution is -0.925. The van der Waals surface area contributed by atoms with Gasteiger partial charge >= 0.3 is 17.9 Å². The first-order valence-electron chi connectivity index (χ1n) is 15.5. The number of carbonyl (C=O) groups excluding carboxylic acids is 3. The molecule has 3 unspecified atom stereocenters. The Morgan fingerprint density at radius 1 is 1.04 bits per heavy atom. The van der Waals surface area contributed by atoms with Crippen molar-refractivity contribution in [1.29, 1.82) is 0 Å². The summed E-state index contributed by atoms with van der Waals surface area (Å²) in [7, 11) is 2.37. The standard InChI is InChI=1S/C29H42N8O3.C2HF3O2/c1-19(37(4)17-23-22(16-30)24(23)18-37)15-20-5-7-21(8-6-20)36-10-9-25(33-28(36)40)32-27(39)35-13-11-34(12-14-35)26(38)29(2,3)31;3-2(4,5)1(6)7/h5-10,19,22-24H,11-18,30-31H2,1-4H3;(H,6,7). The minimum Gasteiger partial charge on any atom is -0.542 e. The van der Waals surface area contributed by atoms with Gasteiger partial charge in [0.15, 0.2) is 0 Å². The number of aliphatic carboxylic acids is 1. The number of alkyl halides is 3. The van der Waals surface area contributed by atoms with Crippen molar-refractivity contribution in [1.82, 2.24) is 19.4 Å². The molecule has 5 rings (SSSR count). The number of benzene rings is 1. The average molecular weight is 665 g/mol. The number of quaternary nitrogens is 1. The molecule has 3 atom stereocenters. The summed E-state index contributed by atoms with van der Waals surface area (Å²) in [6.07, 6.45) is -2.59. The summed E-state index contributed by atoms with van der Waals surface area (Å²) in [6.45, 7) is 10.5. The number of rotatable bonds is 7. The number of anilines is 1. The van der Waals surface area contributed by atoms with Crippen LogP contribution in [0, 0.1) is 17.8 Å². The molecular formula is C31H43F3N8O5. The predicted octanol–water partition coefficient (Wildman–Crippen LogP) is 0.157. The van der Waals surface area contributed by atoms with Gasteiger partial charge in [-0.25, -0.2) is 9.59 Å². The molecule has 2 aliphatic heterocycles. The molecule has 3 heterocycles. The molecule has 1 aromatic heterocycles. The Morgan fingerprint density at radius 3 is 2.04 bits per heavy atom. The molecule has 0 bridgehead atoms. The van der Waals surface area contributed by atoms with E-state index in [2.05, 4.69) is 36.4 Å². The predicted molar refractivity (Wildman–Crippen MR) is 165 cm³/mol. The lowest BCUT2D eigenvalue weighted by atomic mass is 10.0. The number of fused-ring (bicyclic) bond motifs is 1. The van der Waals surface area contributed by atoms with Crippen LogP contribution < -0.4 is 27.6 Å². The van der Waals surface area contributed by atoms with Gasteiger partial charge in [-0.2, -0.15) is 18.2 Å². The summed E-state index contributed by atoms with van der Waals surface area (Å²) >= 11 is 0. The van der Waals surface area contributed by atoms with Gasteiger partial charge in [0.25, 0.3) is 0 Å². The number of piperazine rings is 1. The van der Waals surface area contributed by atoms with E-state index in [-0.39, 0.29) is 17.8 Å². The fraction of sp³-hybridized carbons (Fsp3) is 0.581. The molecule has 5 N–H and O–H groups in total. The number of hydrogen-bond acceptors (Lipinski definition) is 8. The van der Waals surface area contributed by atoms with Crippen LogP contribution >= 0.6 is 0 Å². The van der Waals surface area contributed by atoms with Crippen molar-refractivity contribution in [2.45, 2.75) is 44.9 Å². The third kappa shape index (κ3) is 8.48. The number of carboxylic acid groups (broad SMARTS) is 1. The topological polar surface area (TPSA) is 180 Å². The van der Waals surface area contributed by atoms with Gasteiger partial charge in [-0.15, -0.1) is 0 Å². The van der Waals surface area contributed by atoms with E-state index < -0.39 is 23.4 Å². The van der Waals surface area contributed by atoms with Gasteiger partial charge in [-0.1, -0.05) is 12.1 Å². The molecule has 2 aromatic rings. The van der Waals surface area contributed by atoms with Crippen LogP contribution in [-0.4, -0.2) is 112 Å². The molecule has 2 saturated heterocycles. The van der Waals surface area contributed by atoms with Crippen molar-refractivity contribution < 1.29 is 37.1 Å². The average Bonchev–Trinajstić information content (AvgIpc) is 3.50. The third-order valence-electron chi connectivity index (χ3n) is 9.52. The zero-order chi connectivity index (χ0) is 34.9. The molecule has 3 amide bonds. The number of nitrogens with two attached hydrogens (primary N) is 2. The van der Waals surface area contributed by atoms with Gasteiger partial charge in [0.1, 0.15) is 11.8 Å². The van der Waals surface area contributed by atoms with Gasteiger partial charge in [0.05, 0.1) is 37.4 Å². The zero-order valence-electron chi connectivity index (χ0n) is 27.0. The molecule has 0 spiro atoms. The highest BCUT2D eigenvalue weighted by atomic mass is 19.4. The number of carboxylic acids is 1. The summed E-state index contributed by atoms with van der Waals surface area (Å²) in [5, 5.41) is 11.5. The highest BCUT2D eigenvalue weighted by Crippen LogP contribution is 2.54. The maximum Gasteiger partial charge on any atom is 0.430 e. The molecular weight excluding hydrogens is 621 g/mol. The van der Waals surface area contributed by atoms with Gasteiger partial charge in [-0.05, 0) is 57.0 Å². The first kappa shape index (κ1) is 35.8. The highest BCUT2D eigenvalue weighted by molar-refractivity contribution is 5.89. The first-order chi connectivity index (χ1) is 21.8. The number of likely N-dealkylation sites (N-methyl/N-ethyl adjacent to an activating group) is 1. The third-order valence-corrected chi connectivity index (χ3v) is 9.52. The number of urea groups is 1. The fourth-order valence-electron chi connectivity index (χ4n) is 6.55. The molecule has 1 saturated carbocycles. The minimum atomic E-state index is -5.19. The van der Waals surface area contributed by atoms with E-state index in [1.54, 1.807) is 35.9 Å². The van der Waals surface area contributed by atoms with Gasteiger partial charge in [0, 0.05) is 50.6 Å². The normalized spacial score (nSPS) is 24.5. The number of halogens is 3. The van der Waals surface area contributed by atoms with Crippen LogP contribution in [0.15, 0.2) is 41.3 Å². The lowest BCUT2D eigenvalue weighted by Gasteiger charge is -2.38. The Hall–Kier alpha value is -4.02. The van der Waals surface area contributed by atoms with Crippen LogP contribution in [0.5, 0.6) is 0 Å². The Morgan fingerprint density at radius 2 is 1.57 bits per heavy atom. The van der Waals surface area contributed by atoms with Crippen LogP contribution in [0.4, 0.5) is 23.8 Å². The maximum atomic E-state index is 12.8. The number of nitrogens with one attached hydrogen (secondary N) is 1. The van der Waals surface area contributed by atoms with Crippen molar-refractivity contribution in [2.24, 2.45) is 29.2 Å². The Labute approximate surface area is 270 Å². The number of likely N-dealkylation sites (tertiary alicyclic amines) is 1. The molecule has 0 radical (unpaired) electrons. The molecule has 47 heavy (non-hydrogen) atoms. The van der Waals surface area contributed by atoms with E-state index in [0.717, 1.165) is 40.9 Å². The highest BCUT2D eigenvalue weighted by Gasteiger charge is 2.62. The summed E-state index contributed by atoms with van der Waals surface area (Å²) in [4.78, 5) is 54.0. The molecule has 1 aromatic carbocycles. The Balaban J connectivity index is 0.000000644. The SMILES string of the molecule is CC(Cc1ccc(-n2ccc(NC(=O)N3CCN(C(=O)C(C)(C)N)CC3)nc2=O)cc1)[N+]1(C)CC2C(CN)C2C1.O=C([O-])C(F)(F)F. The fourth-order valence-corrected chi connectivity index (χ4v) is 6.55. The summed E-state index contributed by atoms with van der Waals surface area (Å²) in [5.74, 6) is -0.613. The Bertz CT molecular complexity index is 1500. The number of piperidine rings is 1. The largest absolute Gasteiger partial charge is 0.542 e. The molecule has 258 valence electrons. The van der Waals surface area contributed by atoms with E-state index in [4.69, 9.17) is 21.4 Å². The molecule has 3 aliphatic rings. The van der Waals surface area contributed by atoms with Crippen molar-refractivity contribution in [3.05, 3.63) is 52.6 Å². The van der Waals surface area contributed by atoms with E-state index >= 15 is 0 Å². The summed E-state index contributed by atoms with van der Waals surface area (Å²) < 4.78 is 34.1. The van der Waals surface area contributed by atoms with Gasteiger partial charge < -0.3 is 35.7 Å². The second-order valence-corrected chi connectivity index (χ2v) is 13.5. The van der Waals surface area contributed by atoms with E-state index in [9.17, 15) is 27.6 Å². The van der Waals surface area contributed by atoms with Crippen LogP contribution in [0.3, 0.4) is 0 Å². The minimum absolute atomic E-state index is 0.139. The van der Waals surface area contributed by atoms with E-state index in [1.165, 1.54) is 23.2 Å². The van der Waals surface area contributed by atoms with E-state index in [1.807, 2.05) is 12.1 Å². The monoisotopic (exact) mass is 664 g/mol. The van der Waals surface area contributed by atoms with Crippen molar-refractivity contribution >= 4 is 23.7 Å². The van der Waals surface area contributed by atoms with Crippen LogP contribution in [-0.2, 0) is 16.0 Å². The Kier molecular flexibility index (Phi) is 10.4. The van der Waals surface area contributed by atoms with Gasteiger partial charge in [-0.3, -0.25) is 14.7 Å². The lowest BCUT2D eigenvalue weighted by Crippen LogP contribution is -2.58. The van der Waals surface area contributed by atoms with Crippen LogP contribution in [0.2, 0.25) is 0 Å². The zero-order valence-corrected chi connectivity index (χ0v) is 27.0. The molecule has 13 nitrogen and oxygen atoms in total.